The summed E-state index contributed by atoms with van der Waals surface area (Å²) in [4.78, 5) is 100. The number of hydroxylamine groups is 2. The molecular formula is C86H102ClN18O15S3+. The molecule has 37 heteroatoms. The highest BCUT2D eigenvalue weighted by atomic mass is 35.5. The number of carbonyl (C=O) groups is 7. The van der Waals surface area contributed by atoms with Gasteiger partial charge >= 0.3 is 0 Å². The molecule has 10 rings (SSSR count). The van der Waals surface area contributed by atoms with Crippen molar-refractivity contribution in [2.75, 3.05) is 73.1 Å². The number of aromatic nitrogens is 3. The van der Waals surface area contributed by atoms with E-state index < -0.39 is 41.9 Å². The molecule has 7 aromatic carbocycles. The molecule has 0 atom stereocenters. The second kappa shape index (κ2) is 49.1. The normalized spacial score (nSPS) is 11.0. The Labute approximate surface area is 720 Å². The van der Waals surface area contributed by atoms with Gasteiger partial charge in [0.1, 0.15) is 11.4 Å². The van der Waals surface area contributed by atoms with E-state index in [0.29, 0.717) is 131 Å². The van der Waals surface area contributed by atoms with Crippen LogP contribution in [0.1, 0.15) is 117 Å². The molecule has 15 N–H and O–H groups in total. The molecule has 3 aromatic heterocycles. The van der Waals surface area contributed by atoms with E-state index in [1.54, 1.807) is 198 Å². The summed E-state index contributed by atoms with van der Waals surface area (Å²) < 4.78 is 88.7. The average molecular weight is 1760 g/mol. The van der Waals surface area contributed by atoms with Gasteiger partial charge in [0.25, 0.3) is 47.8 Å². The van der Waals surface area contributed by atoms with Crippen molar-refractivity contribution >= 4 is 130 Å². The van der Waals surface area contributed by atoms with Gasteiger partial charge in [0, 0.05) is 85.5 Å². The standard InChI is InChI=1S/C51H58N10O9S2.C18H24N4O2.C17H19ClN4O4S/c1-35-14-24-46(71(66,67)59-44-20-16-42(17-21-44)57-53-33-62)37(3)49(35)40-12-9-11-39(29-40)32-70-55-27-8-6-5-7-26-52-51(65)41-13-10-28-61(30-41)31-48(64)56-50-36(2)15-25-47(38(50)4)72(68,69)60-45-22-18-43(19-23-45)58-54-34-63;23-18(17-8-6-10-20-14-17)21-11-3-1-2-4-12-22-24-15-16-7-5-9-19-13-16;1-11-3-8-15(12(2)17(11)20-16(24)9-18)27(25,26)22-14-6-4-13(5-7-14)21-19-10-23/h9-25,28-30,33-34,55,57-60H,5-8,26-27,31-32H2,1-4H3,(H3-,52,53,54,56,62,63,64,65);5-10,13-14,22H,1-4,11-12,15H2,(H,21,23);3-8,10,21-22H,9H2,1-2H3,(H,19,23)(H,20,24)/p+1. The SMILES string of the molecule is Cc1ccc(S(=O)(=O)Nc2ccc(NNC=O)cc2)c(C)c1NC(=O)CCl.Cc1ccc(S(=O)(=O)Nc2ccc(NNC=O)cc2)c(C)c1NC(=O)C[n+]1cccc(C(=O)NCCCCCCNOCc2cccc(-c3c(C)ccc(S(=O)(=O)Nc4ccc(NNC=O)cc4)c3C)c2)c1.O=C(NCCCCCCNOCc1cccnc1)c1cccnc1. The Bertz CT molecular complexity index is 5540. The Kier molecular flexibility index (Phi) is 38.1. The van der Waals surface area contributed by atoms with Crippen LogP contribution in [0.4, 0.5) is 45.5 Å². The number of alkyl halides is 1. The minimum absolute atomic E-state index is 0.00923. The molecule has 123 heavy (non-hydrogen) atoms. The van der Waals surface area contributed by atoms with E-state index in [4.69, 9.17) is 21.3 Å². The number of hydrazine groups is 3. The van der Waals surface area contributed by atoms with Gasteiger partial charge in [-0.05, 0) is 244 Å². The van der Waals surface area contributed by atoms with Crippen LogP contribution in [0.5, 0.6) is 0 Å². The fourth-order valence-electron chi connectivity index (χ4n) is 12.5. The number of rotatable bonds is 46. The average Bonchev–Trinajstić information content (AvgIpc) is 0.782. The molecule has 650 valence electrons. The molecule has 0 unspecified atom stereocenters. The van der Waals surface area contributed by atoms with Crippen LogP contribution in [0.25, 0.3) is 11.1 Å². The van der Waals surface area contributed by atoms with Crippen molar-refractivity contribution in [2.24, 2.45) is 0 Å². The number of nitrogens with one attached hydrogen (secondary N) is 15. The van der Waals surface area contributed by atoms with Gasteiger partial charge in [-0.15, -0.1) is 11.6 Å². The number of hydrogen-bond donors (Lipinski definition) is 15. The molecule has 0 aliphatic rings. The van der Waals surface area contributed by atoms with Crippen molar-refractivity contribution in [3.05, 3.63) is 263 Å². The molecule has 3 heterocycles. The van der Waals surface area contributed by atoms with Gasteiger partial charge in [-0.25, -0.2) is 36.2 Å². The number of carbonyl (C=O) groups excluding carboxylic acids is 7. The number of sulfonamides is 3. The monoisotopic (exact) mass is 1760 g/mol. The predicted octanol–water partition coefficient (Wildman–Crippen LogP) is 11.1. The third-order valence-corrected chi connectivity index (χ3v) is 23.4. The summed E-state index contributed by atoms with van der Waals surface area (Å²) in [5.41, 5.74) is 32.7. The summed E-state index contributed by atoms with van der Waals surface area (Å²) in [6.07, 6.45) is 19.1. The van der Waals surface area contributed by atoms with Gasteiger partial charge in [0.05, 0.1) is 50.5 Å². The lowest BCUT2D eigenvalue weighted by atomic mass is 9.95. The lowest BCUT2D eigenvalue weighted by Crippen LogP contribution is -2.41. The lowest BCUT2D eigenvalue weighted by Gasteiger charge is -2.17. The van der Waals surface area contributed by atoms with Crippen LogP contribution in [0, 0.1) is 41.5 Å². The van der Waals surface area contributed by atoms with Crippen LogP contribution < -0.4 is 83.5 Å². The lowest BCUT2D eigenvalue weighted by molar-refractivity contribution is -0.684. The van der Waals surface area contributed by atoms with Crippen LogP contribution in [-0.4, -0.2) is 110 Å². The first kappa shape index (κ1) is 95.5. The van der Waals surface area contributed by atoms with Crippen molar-refractivity contribution in [1.29, 1.82) is 0 Å². The van der Waals surface area contributed by atoms with Crippen molar-refractivity contribution in [2.45, 2.75) is 127 Å². The number of halogens is 1. The van der Waals surface area contributed by atoms with Gasteiger partial charge in [0.15, 0.2) is 12.4 Å². The molecule has 0 saturated heterocycles. The van der Waals surface area contributed by atoms with Crippen LogP contribution in [0.15, 0.2) is 222 Å². The third kappa shape index (κ3) is 30.9. The van der Waals surface area contributed by atoms with Crippen molar-refractivity contribution in [3.63, 3.8) is 0 Å². The van der Waals surface area contributed by atoms with Crippen molar-refractivity contribution in [1.82, 2.24) is 47.8 Å². The van der Waals surface area contributed by atoms with E-state index in [9.17, 15) is 58.8 Å². The quantitative estimate of drug-likeness (QED) is 0.00554. The molecule has 10 aromatic rings. The first-order valence-corrected chi connectivity index (χ1v) is 44.0. The summed E-state index contributed by atoms with van der Waals surface area (Å²) in [7, 11) is -11.9. The van der Waals surface area contributed by atoms with Gasteiger partial charge in [0.2, 0.25) is 31.7 Å². The zero-order valence-corrected chi connectivity index (χ0v) is 71.9. The highest BCUT2D eigenvalue weighted by Crippen LogP contribution is 2.35. The van der Waals surface area contributed by atoms with E-state index >= 15 is 0 Å². The van der Waals surface area contributed by atoms with Gasteiger partial charge in [-0.2, -0.15) is 4.57 Å². The number of pyridine rings is 3. The maximum Gasteiger partial charge on any atom is 0.290 e. The number of nitrogens with zero attached hydrogens (tertiary/aromatic N) is 3. The van der Waals surface area contributed by atoms with Crippen LogP contribution in [0.3, 0.4) is 0 Å². The van der Waals surface area contributed by atoms with E-state index in [1.165, 1.54) is 12.1 Å². The second-order valence-electron chi connectivity index (χ2n) is 27.9. The maximum atomic E-state index is 13.5. The highest BCUT2D eigenvalue weighted by molar-refractivity contribution is 7.93. The molecule has 0 radical (unpaired) electrons. The summed E-state index contributed by atoms with van der Waals surface area (Å²) >= 11 is 5.52. The number of hydrogen-bond acceptors (Lipinski definition) is 22. The Morgan fingerprint density at radius 3 is 1.28 bits per heavy atom. The van der Waals surface area contributed by atoms with Crippen LogP contribution in [-0.2, 0) is 83.5 Å². The van der Waals surface area contributed by atoms with Crippen molar-refractivity contribution < 1.29 is 73.1 Å². The smallest absolute Gasteiger partial charge is 0.290 e. The Morgan fingerprint density at radius 2 is 0.829 bits per heavy atom. The largest absolute Gasteiger partial charge is 0.352 e. The first-order chi connectivity index (χ1) is 59.2. The molecule has 7 amide bonds. The zero-order valence-electron chi connectivity index (χ0n) is 68.7. The minimum atomic E-state index is -4.04. The summed E-state index contributed by atoms with van der Waals surface area (Å²) in [5, 5.41) is 11.3. The minimum Gasteiger partial charge on any atom is -0.352 e. The summed E-state index contributed by atoms with van der Waals surface area (Å²) in [6.45, 7) is 13.8. The second-order valence-corrected chi connectivity index (χ2v) is 33.1. The van der Waals surface area contributed by atoms with E-state index in [-0.39, 0.29) is 38.9 Å². The topological polar surface area (TPSA) is 450 Å². The number of aryl methyl sites for hydroxylation is 3. The number of benzene rings is 7. The highest BCUT2D eigenvalue weighted by Gasteiger charge is 2.26. The van der Waals surface area contributed by atoms with Crippen molar-refractivity contribution in [3.8, 4) is 11.1 Å². The van der Waals surface area contributed by atoms with Gasteiger partial charge in [-0.3, -0.25) is 99.9 Å². The van der Waals surface area contributed by atoms with E-state index in [2.05, 4.69) is 88.9 Å². The van der Waals surface area contributed by atoms with Gasteiger partial charge in [-0.1, -0.05) is 68.1 Å². The summed E-state index contributed by atoms with van der Waals surface area (Å²) in [6, 6.07) is 47.2. The Hall–Kier alpha value is -12.9. The molecule has 33 nitrogen and oxygen atoms in total. The molecule has 0 spiro atoms. The predicted molar refractivity (Wildman–Crippen MR) is 474 cm³/mol. The number of anilines is 8. The molecule has 0 aliphatic heterocycles. The van der Waals surface area contributed by atoms with Crippen LogP contribution >= 0.6 is 11.6 Å². The molecule has 0 saturated carbocycles. The fourth-order valence-corrected chi connectivity index (χ4v) is 16.5. The number of amides is 7. The molecule has 0 bridgehead atoms. The Morgan fingerprint density at radius 1 is 0.423 bits per heavy atom. The number of unbranched alkanes of at least 4 members (excludes halogenated alkanes) is 6. The van der Waals surface area contributed by atoms with E-state index in [0.717, 1.165) is 91.3 Å². The molecular weight excluding hydrogens is 1660 g/mol. The molecule has 0 aliphatic carbocycles. The fraction of sp³-hybridized carbons (Fsp3) is 0.256. The van der Waals surface area contributed by atoms with Gasteiger partial charge < -0.3 is 21.3 Å². The maximum absolute atomic E-state index is 13.5. The van der Waals surface area contributed by atoms with Crippen LogP contribution in [0.2, 0.25) is 0 Å². The summed E-state index contributed by atoms with van der Waals surface area (Å²) in [5.74, 6) is -1.39. The van der Waals surface area contributed by atoms with E-state index in [1.807, 2.05) is 43.3 Å². The third-order valence-electron chi connectivity index (χ3n) is 18.6. The Balaban J connectivity index is 0.000000297. The zero-order chi connectivity index (χ0) is 88.6. The molecule has 0 fully saturated rings. The first-order valence-electron chi connectivity index (χ1n) is 39.1.